The highest BCUT2D eigenvalue weighted by molar-refractivity contribution is 5.88. The molecule has 1 aromatic heterocycles. The Hall–Kier alpha value is -2.21. The third-order valence-electron chi connectivity index (χ3n) is 6.00. The lowest BCUT2D eigenvalue weighted by Gasteiger charge is -2.39. The van der Waals surface area contributed by atoms with Crippen LogP contribution in [0.4, 0.5) is 4.39 Å². The number of hydrogen-bond donors (Lipinski definition) is 1. The molecule has 1 unspecified atom stereocenters. The summed E-state index contributed by atoms with van der Waals surface area (Å²) in [5.74, 6) is -0.0292. The van der Waals surface area contributed by atoms with E-state index in [9.17, 15) is 9.18 Å². The summed E-state index contributed by atoms with van der Waals surface area (Å²) >= 11 is 0. The zero-order chi connectivity index (χ0) is 18.3. The molecule has 0 amide bonds. The molecule has 2 saturated heterocycles. The number of esters is 1. The van der Waals surface area contributed by atoms with Crippen LogP contribution in [0.15, 0.2) is 24.4 Å². The zero-order valence-electron chi connectivity index (χ0n) is 15.2. The maximum absolute atomic E-state index is 13.6. The van der Waals surface area contributed by atoms with Gasteiger partial charge in [0, 0.05) is 24.2 Å². The minimum absolute atomic E-state index is 0.135. The lowest BCUT2D eigenvalue weighted by molar-refractivity contribution is 0.0588. The number of fused-ring (bicyclic) bond motifs is 2. The van der Waals surface area contributed by atoms with E-state index in [0.717, 1.165) is 24.0 Å². The first kappa shape index (κ1) is 17.2. The number of piperidine rings is 1. The van der Waals surface area contributed by atoms with Crippen LogP contribution in [0.25, 0.3) is 0 Å². The van der Waals surface area contributed by atoms with Crippen molar-refractivity contribution in [1.82, 2.24) is 15.1 Å². The highest BCUT2D eigenvalue weighted by Gasteiger charge is 2.41. The van der Waals surface area contributed by atoms with Gasteiger partial charge in [0.25, 0.3) is 0 Å². The van der Waals surface area contributed by atoms with E-state index < -0.39 is 0 Å². The molecule has 1 N–H and O–H groups in total. The molecule has 2 bridgehead atoms. The summed E-state index contributed by atoms with van der Waals surface area (Å²) < 4.78 is 18.4. The maximum Gasteiger partial charge on any atom is 0.356 e. The van der Waals surface area contributed by atoms with Crippen molar-refractivity contribution < 1.29 is 13.9 Å². The van der Waals surface area contributed by atoms with Crippen molar-refractivity contribution in [3.8, 4) is 0 Å². The van der Waals surface area contributed by atoms with E-state index in [1.165, 1.54) is 25.5 Å². The number of aromatic nitrogens is 2. The highest BCUT2D eigenvalue weighted by Crippen LogP contribution is 2.44. The summed E-state index contributed by atoms with van der Waals surface area (Å²) in [5, 5.41) is 6.78. The molecular formula is C20H24FN3O2. The Labute approximate surface area is 152 Å². The van der Waals surface area contributed by atoms with Gasteiger partial charge in [0.15, 0.2) is 0 Å². The third-order valence-corrected chi connectivity index (χ3v) is 6.00. The fraction of sp³-hybridized carbons (Fsp3) is 0.500. The number of carbonyl (C=O) groups is 1. The number of hydrogen-bond acceptors (Lipinski definition) is 4. The Balaban J connectivity index is 1.50. The smallest absolute Gasteiger partial charge is 0.356 e. The van der Waals surface area contributed by atoms with Crippen LogP contribution in [0.2, 0.25) is 0 Å². The normalized spacial score (nSPS) is 25.4. The molecule has 3 heterocycles. The molecule has 2 fully saturated rings. The molecule has 0 spiro atoms. The molecule has 3 atom stereocenters. The summed E-state index contributed by atoms with van der Waals surface area (Å²) in [7, 11) is 1.38. The van der Waals surface area contributed by atoms with Crippen molar-refractivity contribution in [2.75, 3.05) is 7.11 Å². The van der Waals surface area contributed by atoms with Gasteiger partial charge < -0.3 is 4.74 Å². The molecular weight excluding hydrogens is 333 g/mol. The fourth-order valence-corrected chi connectivity index (χ4v) is 4.63. The molecule has 4 rings (SSSR count). The van der Waals surface area contributed by atoms with E-state index in [4.69, 9.17) is 4.74 Å². The highest BCUT2D eigenvalue weighted by atomic mass is 19.1. The molecule has 5 nitrogen and oxygen atoms in total. The predicted molar refractivity (Wildman–Crippen MR) is 95.4 cm³/mol. The number of aryl methyl sites for hydroxylation is 1. The average molecular weight is 357 g/mol. The van der Waals surface area contributed by atoms with Gasteiger partial charge in [-0.15, -0.1) is 0 Å². The summed E-state index contributed by atoms with van der Waals surface area (Å²) in [5.41, 5.74) is 3.31. The Bertz CT molecular complexity index is 805. The van der Waals surface area contributed by atoms with Gasteiger partial charge in [0.2, 0.25) is 0 Å². The number of nitrogens with one attached hydrogen (secondary N) is 1. The molecule has 6 heteroatoms. The van der Waals surface area contributed by atoms with Crippen molar-refractivity contribution in [3.05, 3.63) is 52.6 Å². The number of aromatic amines is 1. The van der Waals surface area contributed by atoms with E-state index in [2.05, 4.69) is 15.1 Å². The van der Waals surface area contributed by atoms with E-state index in [-0.39, 0.29) is 11.8 Å². The third kappa shape index (κ3) is 3.03. The number of ether oxygens (including phenoxy) is 1. The monoisotopic (exact) mass is 357 g/mol. The largest absolute Gasteiger partial charge is 0.464 e. The van der Waals surface area contributed by atoms with Crippen LogP contribution >= 0.6 is 0 Å². The number of H-pyrrole nitrogens is 1. The zero-order valence-corrected chi connectivity index (χ0v) is 15.2. The minimum Gasteiger partial charge on any atom is -0.464 e. The summed E-state index contributed by atoms with van der Waals surface area (Å²) in [6, 6.07) is 6.51. The molecule has 0 saturated carbocycles. The van der Waals surface area contributed by atoms with E-state index in [1.807, 2.05) is 19.1 Å². The van der Waals surface area contributed by atoms with Gasteiger partial charge in [-0.3, -0.25) is 10.00 Å². The Morgan fingerprint density at radius 2 is 2.08 bits per heavy atom. The number of carbonyl (C=O) groups excluding carboxylic acids is 1. The van der Waals surface area contributed by atoms with E-state index in [1.54, 1.807) is 12.3 Å². The van der Waals surface area contributed by atoms with Crippen molar-refractivity contribution in [2.24, 2.45) is 0 Å². The Morgan fingerprint density at radius 3 is 2.73 bits per heavy atom. The van der Waals surface area contributed by atoms with Gasteiger partial charge in [-0.1, -0.05) is 12.1 Å². The fourth-order valence-electron chi connectivity index (χ4n) is 4.63. The average Bonchev–Trinajstić information content (AvgIpc) is 3.18. The molecule has 138 valence electrons. The van der Waals surface area contributed by atoms with Gasteiger partial charge in [0.1, 0.15) is 11.5 Å². The van der Waals surface area contributed by atoms with E-state index in [0.29, 0.717) is 30.2 Å². The first-order chi connectivity index (χ1) is 12.6. The van der Waals surface area contributed by atoms with Crippen LogP contribution in [-0.2, 0) is 11.3 Å². The van der Waals surface area contributed by atoms with Crippen LogP contribution in [0, 0.1) is 12.7 Å². The standard InChI is InChI=1S/C20H24FN3O2/c1-12-7-13(3-6-18(12)21)14-8-16-4-5-17(9-14)24(16)11-15-10-22-23-19(15)20(25)26-2/h3,6-7,10,14,16-17H,4-5,8-9,11H2,1-2H3,(H,22,23)/t14?,16-,17+. The van der Waals surface area contributed by atoms with Crippen LogP contribution < -0.4 is 0 Å². The number of rotatable bonds is 4. The Morgan fingerprint density at radius 1 is 1.35 bits per heavy atom. The first-order valence-corrected chi connectivity index (χ1v) is 9.19. The molecule has 0 aliphatic carbocycles. The minimum atomic E-state index is -0.374. The second kappa shape index (κ2) is 6.83. The molecule has 26 heavy (non-hydrogen) atoms. The van der Waals surface area contributed by atoms with Gasteiger partial charge in [-0.05, 0) is 55.7 Å². The lowest BCUT2D eigenvalue weighted by atomic mass is 9.84. The molecule has 0 radical (unpaired) electrons. The number of nitrogens with zero attached hydrogens (tertiary/aromatic N) is 2. The first-order valence-electron chi connectivity index (χ1n) is 9.19. The van der Waals surface area contributed by atoms with Gasteiger partial charge >= 0.3 is 5.97 Å². The van der Waals surface area contributed by atoms with Crippen LogP contribution in [-0.4, -0.2) is 40.3 Å². The van der Waals surface area contributed by atoms with Crippen LogP contribution in [0.5, 0.6) is 0 Å². The van der Waals surface area contributed by atoms with E-state index >= 15 is 0 Å². The van der Waals surface area contributed by atoms with Crippen molar-refractivity contribution in [1.29, 1.82) is 0 Å². The second-order valence-corrected chi connectivity index (χ2v) is 7.50. The van der Waals surface area contributed by atoms with Gasteiger partial charge in [0.05, 0.1) is 13.3 Å². The van der Waals surface area contributed by atoms with Gasteiger partial charge in [-0.2, -0.15) is 5.10 Å². The second-order valence-electron chi connectivity index (χ2n) is 7.50. The van der Waals surface area contributed by atoms with Crippen molar-refractivity contribution in [3.63, 3.8) is 0 Å². The lowest BCUT2D eigenvalue weighted by Crippen LogP contribution is -2.41. The number of methoxy groups -OCH3 is 1. The van der Waals surface area contributed by atoms with Crippen molar-refractivity contribution >= 4 is 5.97 Å². The Kier molecular flexibility index (Phi) is 4.53. The summed E-state index contributed by atoms with van der Waals surface area (Å²) in [6.45, 7) is 2.54. The quantitative estimate of drug-likeness (QED) is 0.850. The topological polar surface area (TPSA) is 58.2 Å². The number of benzene rings is 1. The number of halogens is 1. The predicted octanol–water partition coefficient (Wildman–Crippen LogP) is 3.55. The van der Waals surface area contributed by atoms with Gasteiger partial charge in [-0.25, -0.2) is 9.18 Å². The SMILES string of the molecule is COC(=O)c1[nH]ncc1CN1[C@@H]2CC[C@H]1CC(c1ccc(F)c(C)c1)C2. The maximum atomic E-state index is 13.6. The van der Waals surface area contributed by atoms with Crippen LogP contribution in [0.3, 0.4) is 0 Å². The van der Waals surface area contributed by atoms with Crippen molar-refractivity contribution in [2.45, 2.75) is 57.2 Å². The molecule has 1 aromatic carbocycles. The summed E-state index contributed by atoms with van der Waals surface area (Å²) in [4.78, 5) is 14.4. The molecule has 2 aromatic rings. The summed E-state index contributed by atoms with van der Waals surface area (Å²) in [6.07, 6.45) is 6.22. The van der Waals surface area contributed by atoms with Crippen LogP contribution in [0.1, 0.15) is 58.8 Å². The molecule has 2 aliphatic rings. The molecule has 2 aliphatic heterocycles.